The Bertz CT molecular complexity index is 756. The van der Waals surface area contributed by atoms with Crippen LogP contribution in [-0.4, -0.2) is 53.0 Å². The van der Waals surface area contributed by atoms with Crippen LogP contribution in [0.1, 0.15) is 20.7 Å². The van der Waals surface area contributed by atoms with E-state index in [4.69, 9.17) is 5.11 Å². The fraction of sp³-hybridized carbons (Fsp3) is 0.235. The van der Waals surface area contributed by atoms with Crippen LogP contribution in [0.15, 0.2) is 47.1 Å². The number of amides is 1. The molecular weight excluding hydrogens is 374 g/mol. The van der Waals surface area contributed by atoms with Gasteiger partial charge in [0.1, 0.15) is 5.82 Å². The summed E-state index contributed by atoms with van der Waals surface area (Å²) in [6.07, 6.45) is 1.36. The molecule has 1 aliphatic rings. The number of rotatable bonds is 3. The molecule has 0 atom stereocenters. The number of carboxylic acids is 1. The van der Waals surface area contributed by atoms with Gasteiger partial charge in [-0.25, -0.2) is 9.78 Å². The molecule has 3 rings (SSSR count). The SMILES string of the molecule is O=C(O)c1ccc(N2CCN(C(=O)c3cccc(Br)c3)CC2)nc1. The van der Waals surface area contributed by atoms with E-state index < -0.39 is 5.97 Å². The van der Waals surface area contributed by atoms with Crippen molar-refractivity contribution in [2.45, 2.75) is 0 Å². The Hall–Kier alpha value is -2.41. The molecule has 2 heterocycles. The first-order valence-corrected chi connectivity index (χ1v) is 8.33. The number of carboxylic acid groups (broad SMARTS) is 1. The van der Waals surface area contributed by atoms with Crippen LogP contribution in [0.3, 0.4) is 0 Å². The van der Waals surface area contributed by atoms with E-state index in [1.807, 2.05) is 29.2 Å². The fourth-order valence-corrected chi connectivity index (χ4v) is 3.04. The normalized spacial score (nSPS) is 14.5. The number of halogens is 1. The number of aromatic nitrogens is 1. The van der Waals surface area contributed by atoms with Crippen LogP contribution < -0.4 is 4.90 Å². The fourth-order valence-electron chi connectivity index (χ4n) is 2.64. The van der Waals surface area contributed by atoms with E-state index in [1.165, 1.54) is 6.20 Å². The van der Waals surface area contributed by atoms with Gasteiger partial charge in [-0.05, 0) is 30.3 Å². The molecule has 1 amide bonds. The van der Waals surface area contributed by atoms with Crippen molar-refractivity contribution in [2.75, 3.05) is 31.1 Å². The number of piperazine rings is 1. The van der Waals surface area contributed by atoms with Crippen LogP contribution in [0.4, 0.5) is 5.82 Å². The van der Waals surface area contributed by atoms with Gasteiger partial charge in [0.25, 0.3) is 5.91 Å². The number of pyridine rings is 1. The zero-order valence-electron chi connectivity index (χ0n) is 12.9. The zero-order valence-corrected chi connectivity index (χ0v) is 14.4. The number of anilines is 1. The molecule has 1 saturated heterocycles. The van der Waals surface area contributed by atoms with Crippen molar-refractivity contribution in [1.82, 2.24) is 9.88 Å². The highest BCUT2D eigenvalue weighted by Crippen LogP contribution is 2.17. The molecule has 24 heavy (non-hydrogen) atoms. The van der Waals surface area contributed by atoms with E-state index >= 15 is 0 Å². The Morgan fingerprint density at radius 1 is 1.04 bits per heavy atom. The van der Waals surface area contributed by atoms with E-state index in [0.717, 1.165) is 10.3 Å². The Labute approximate surface area is 147 Å². The molecule has 1 aromatic carbocycles. The van der Waals surface area contributed by atoms with Gasteiger partial charge in [0.2, 0.25) is 0 Å². The van der Waals surface area contributed by atoms with E-state index in [-0.39, 0.29) is 11.5 Å². The lowest BCUT2D eigenvalue weighted by Gasteiger charge is -2.35. The average Bonchev–Trinajstić information content (AvgIpc) is 2.61. The molecule has 6 nitrogen and oxygen atoms in total. The Morgan fingerprint density at radius 3 is 2.38 bits per heavy atom. The first-order valence-electron chi connectivity index (χ1n) is 7.54. The molecule has 0 unspecified atom stereocenters. The summed E-state index contributed by atoms with van der Waals surface area (Å²) >= 11 is 3.38. The Morgan fingerprint density at radius 2 is 1.79 bits per heavy atom. The van der Waals surface area contributed by atoms with Crippen molar-refractivity contribution in [2.24, 2.45) is 0 Å². The van der Waals surface area contributed by atoms with Crippen molar-refractivity contribution in [3.8, 4) is 0 Å². The van der Waals surface area contributed by atoms with Gasteiger partial charge in [-0.2, -0.15) is 0 Å². The summed E-state index contributed by atoms with van der Waals surface area (Å²) < 4.78 is 0.884. The topological polar surface area (TPSA) is 73.7 Å². The van der Waals surface area contributed by atoms with Crippen LogP contribution in [0.25, 0.3) is 0 Å². The third-order valence-electron chi connectivity index (χ3n) is 3.96. The first-order chi connectivity index (χ1) is 11.5. The summed E-state index contributed by atoms with van der Waals surface area (Å²) in [7, 11) is 0. The minimum Gasteiger partial charge on any atom is -0.478 e. The second kappa shape index (κ2) is 7.00. The van der Waals surface area contributed by atoms with E-state index in [9.17, 15) is 9.59 Å². The van der Waals surface area contributed by atoms with E-state index in [0.29, 0.717) is 31.7 Å². The van der Waals surface area contributed by atoms with Crippen molar-refractivity contribution in [3.05, 3.63) is 58.2 Å². The molecule has 1 aliphatic heterocycles. The van der Waals surface area contributed by atoms with Crippen molar-refractivity contribution in [3.63, 3.8) is 0 Å². The van der Waals surface area contributed by atoms with Gasteiger partial charge in [-0.3, -0.25) is 4.79 Å². The van der Waals surface area contributed by atoms with Gasteiger partial charge in [0, 0.05) is 42.4 Å². The molecule has 1 aromatic heterocycles. The highest BCUT2D eigenvalue weighted by molar-refractivity contribution is 9.10. The van der Waals surface area contributed by atoms with Crippen LogP contribution in [0, 0.1) is 0 Å². The summed E-state index contributed by atoms with van der Waals surface area (Å²) in [6.45, 7) is 2.54. The zero-order chi connectivity index (χ0) is 17.1. The maximum Gasteiger partial charge on any atom is 0.337 e. The molecule has 7 heteroatoms. The molecular formula is C17H16BrN3O3. The van der Waals surface area contributed by atoms with Crippen LogP contribution in [0.2, 0.25) is 0 Å². The van der Waals surface area contributed by atoms with E-state index in [2.05, 4.69) is 25.8 Å². The van der Waals surface area contributed by atoms with Crippen LogP contribution in [-0.2, 0) is 0 Å². The average molecular weight is 390 g/mol. The second-order valence-electron chi connectivity index (χ2n) is 5.50. The van der Waals surface area contributed by atoms with Gasteiger partial charge in [0.15, 0.2) is 0 Å². The molecule has 0 spiro atoms. The largest absolute Gasteiger partial charge is 0.478 e. The molecule has 0 saturated carbocycles. The van der Waals surface area contributed by atoms with Crippen molar-refractivity contribution in [1.29, 1.82) is 0 Å². The number of nitrogens with zero attached hydrogens (tertiary/aromatic N) is 3. The quantitative estimate of drug-likeness (QED) is 0.872. The summed E-state index contributed by atoms with van der Waals surface area (Å²) in [5.41, 5.74) is 0.837. The number of benzene rings is 1. The van der Waals surface area contributed by atoms with Crippen LogP contribution >= 0.6 is 15.9 Å². The third kappa shape index (κ3) is 3.56. The lowest BCUT2D eigenvalue weighted by Crippen LogP contribution is -2.49. The highest BCUT2D eigenvalue weighted by Gasteiger charge is 2.23. The standard InChI is InChI=1S/C17H16BrN3O3/c18-14-3-1-2-12(10-14)16(22)21-8-6-20(7-9-21)15-5-4-13(11-19-15)17(23)24/h1-5,10-11H,6-9H2,(H,23,24). The maximum atomic E-state index is 12.5. The summed E-state index contributed by atoms with van der Waals surface area (Å²) in [4.78, 5) is 31.5. The molecule has 0 radical (unpaired) electrons. The van der Waals surface area contributed by atoms with E-state index in [1.54, 1.807) is 12.1 Å². The minimum absolute atomic E-state index is 0.0186. The molecule has 124 valence electrons. The predicted octanol–water partition coefficient (Wildman–Crippen LogP) is 2.50. The number of hydrogen-bond acceptors (Lipinski definition) is 4. The minimum atomic E-state index is -0.988. The lowest BCUT2D eigenvalue weighted by molar-refractivity contribution is 0.0694. The van der Waals surface area contributed by atoms with Crippen molar-refractivity contribution < 1.29 is 14.7 Å². The number of aromatic carboxylic acids is 1. The summed E-state index contributed by atoms with van der Waals surface area (Å²) in [5, 5.41) is 8.91. The lowest BCUT2D eigenvalue weighted by atomic mass is 10.2. The Kier molecular flexibility index (Phi) is 4.80. The highest BCUT2D eigenvalue weighted by atomic mass is 79.9. The number of carbonyl (C=O) groups is 2. The molecule has 1 fully saturated rings. The molecule has 1 N–H and O–H groups in total. The second-order valence-corrected chi connectivity index (χ2v) is 6.42. The molecule has 0 bridgehead atoms. The Balaban J connectivity index is 1.63. The van der Waals surface area contributed by atoms with Gasteiger partial charge in [0.05, 0.1) is 5.56 Å². The van der Waals surface area contributed by atoms with Crippen molar-refractivity contribution >= 4 is 33.6 Å². The monoisotopic (exact) mass is 389 g/mol. The van der Waals surface area contributed by atoms with Gasteiger partial charge in [-0.1, -0.05) is 22.0 Å². The van der Waals surface area contributed by atoms with Crippen LogP contribution in [0.5, 0.6) is 0 Å². The number of carbonyl (C=O) groups excluding carboxylic acids is 1. The molecule has 0 aliphatic carbocycles. The maximum absolute atomic E-state index is 12.5. The first kappa shape index (κ1) is 16.4. The summed E-state index contributed by atoms with van der Waals surface area (Å²) in [6, 6.07) is 10.6. The summed E-state index contributed by atoms with van der Waals surface area (Å²) in [5.74, 6) is -0.238. The van der Waals surface area contributed by atoms with Gasteiger partial charge < -0.3 is 14.9 Å². The smallest absolute Gasteiger partial charge is 0.337 e. The van der Waals surface area contributed by atoms with Gasteiger partial charge >= 0.3 is 5.97 Å². The number of hydrogen-bond donors (Lipinski definition) is 1. The van der Waals surface area contributed by atoms with Gasteiger partial charge in [-0.15, -0.1) is 0 Å². The predicted molar refractivity (Wildman–Crippen MR) is 93.5 cm³/mol. The molecule has 2 aromatic rings. The third-order valence-corrected chi connectivity index (χ3v) is 4.45.